The van der Waals surface area contributed by atoms with Crippen molar-refractivity contribution in [2.75, 3.05) is 33.2 Å². The predicted molar refractivity (Wildman–Crippen MR) is 109 cm³/mol. The number of likely N-dealkylation sites (N-methyl/N-ethyl adjacent to an activating group) is 1. The van der Waals surface area contributed by atoms with E-state index in [9.17, 15) is 5.11 Å². The number of nitrogens with zero attached hydrogens (tertiary/aromatic N) is 2. The van der Waals surface area contributed by atoms with Gasteiger partial charge in [-0.1, -0.05) is 26.0 Å². The molecule has 0 aliphatic carbocycles. The first-order valence-corrected chi connectivity index (χ1v) is 8.95. The first-order valence-electron chi connectivity index (χ1n) is 8.95. The molecule has 1 aliphatic heterocycles. The number of rotatable bonds is 4. The normalized spacial score (nSPS) is 21.0. The van der Waals surface area contributed by atoms with Crippen LogP contribution in [0.5, 0.6) is 5.75 Å². The molecule has 7 nitrogen and oxygen atoms in total. The van der Waals surface area contributed by atoms with Crippen LogP contribution in [0.1, 0.15) is 26.3 Å². The molecule has 1 saturated heterocycles. The van der Waals surface area contributed by atoms with Crippen molar-refractivity contribution in [3.63, 3.8) is 0 Å². The maximum Gasteiger partial charge on any atom is 0.124 e. The second-order valence-electron chi connectivity index (χ2n) is 6.50. The first kappa shape index (κ1) is 21.7. The minimum absolute atomic E-state index is 0.117. The minimum Gasteiger partial charge on any atom is -0.507 e. The Morgan fingerprint density at radius 3 is 2.35 bits per heavy atom. The van der Waals surface area contributed by atoms with Crippen molar-refractivity contribution in [3.05, 3.63) is 47.4 Å². The zero-order valence-electron chi connectivity index (χ0n) is 16.4. The Morgan fingerprint density at radius 1 is 1.19 bits per heavy atom. The van der Waals surface area contributed by atoms with Gasteiger partial charge in [0, 0.05) is 43.0 Å². The number of nitrogens with two attached hydrogens (primary N) is 4. The van der Waals surface area contributed by atoms with E-state index in [0.29, 0.717) is 30.0 Å². The summed E-state index contributed by atoms with van der Waals surface area (Å²) in [6.45, 7) is 8.94. The number of piperazine rings is 1. The number of hydrogen-bond acceptors (Lipinski definition) is 7. The highest BCUT2D eigenvalue weighted by atomic mass is 16.3. The number of aromatic hydroxyl groups is 1. The van der Waals surface area contributed by atoms with E-state index in [1.54, 1.807) is 24.3 Å². The zero-order valence-corrected chi connectivity index (χ0v) is 16.4. The van der Waals surface area contributed by atoms with Crippen LogP contribution in [0, 0.1) is 0 Å². The fourth-order valence-corrected chi connectivity index (χ4v) is 2.88. The van der Waals surface area contributed by atoms with Crippen LogP contribution in [0.15, 0.2) is 41.9 Å². The molecule has 0 saturated carbocycles. The molecule has 0 spiro atoms. The van der Waals surface area contributed by atoms with Crippen LogP contribution in [0.2, 0.25) is 0 Å². The smallest absolute Gasteiger partial charge is 0.124 e. The molecule has 1 unspecified atom stereocenters. The van der Waals surface area contributed by atoms with Gasteiger partial charge in [0.25, 0.3) is 0 Å². The molecular formula is C19H34N6O. The van der Waals surface area contributed by atoms with Gasteiger partial charge in [0.15, 0.2) is 0 Å². The highest BCUT2D eigenvalue weighted by Gasteiger charge is 2.35. The van der Waals surface area contributed by atoms with Gasteiger partial charge in [-0.25, -0.2) is 0 Å². The molecule has 1 aromatic rings. The van der Waals surface area contributed by atoms with Gasteiger partial charge in [0.1, 0.15) is 11.6 Å². The van der Waals surface area contributed by atoms with E-state index in [1.807, 2.05) is 19.9 Å². The average molecular weight is 363 g/mol. The summed E-state index contributed by atoms with van der Waals surface area (Å²) in [5.74, 6) is 0.309. The van der Waals surface area contributed by atoms with E-state index in [2.05, 4.69) is 23.8 Å². The highest BCUT2D eigenvalue weighted by molar-refractivity contribution is 5.69. The van der Waals surface area contributed by atoms with Crippen molar-refractivity contribution in [1.29, 1.82) is 0 Å². The van der Waals surface area contributed by atoms with Gasteiger partial charge in [-0.3, -0.25) is 4.90 Å². The van der Waals surface area contributed by atoms with Crippen molar-refractivity contribution in [1.82, 2.24) is 9.80 Å². The number of hydrogen-bond donors (Lipinski definition) is 5. The van der Waals surface area contributed by atoms with E-state index in [-0.39, 0.29) is 17.1 Å². The molecule has 1 fully saturated rings. The molecule has 26 heavy (non-hydrogen) atoms. The zero-order chi connectivity index (χ0) is 19.9. The molecule has 1 aromatic carbocycles. The third-order valence-electron chi connectivity index (χ3n) is 4.74. The number of phenolic OH excluding ortho intramolecular Hbond substituents is 1. The molecule has 9 N–H and O–H groups in total. The molecule has 0 bridgehead atoms. The molecule has 1 atom stereocenters. The monoisotopic (exact) mass is 362 g/mol. The SMILES string of the molecule is CC.CN1CCN(C(/C=C(\N)c2ccccc2O)=C(N)N)CC1(C)CN. The highest BCUT2D eigenvalue weighted by Crippen LogP contribution is 2.26. The largest absolute Gasteiger partial charge is 0.507 e. The molecule has 0 aromatic heterocycles. The van der Waals surface area contributed by atoms with E-state index in [1.165, 1.54) is 0 Å². The Balaban J connectivity index is 0.00000163. The maximum absolute atomic E-state index is 9.96. The van der Waals surface area contributed by atoms with Crippen molar-refractivity contribution in [2.24, 2.45) is 22.9 Å². The van der Waals surface area contributed by atoms with Crippen molar-refractivity contribution < 1.29 is 5.11 Å². The van der Waals surface area contributed by atoms with Gasteiger partial charge in [-0.2, -0.15) is 0 Å². The second kappa shape index (κ2) is 9.35. The van der Waals surface area contributed by atoms with Crippen LogP contribution in [-0.2, 0) is 0 Å². The topological polar surface area (TPSA) is 131 Å². The summed E-state index contributed by atoms with van der Waals surface area (Å²) >= 11 is 0. The van der Waals surface area contributed by atoms with Gasteiger partial charge >= 0.3 is 0 Å². The lowest BCUT2D eigenvalue weighted by Crippen LogP contribution is -2.62. The molecule has 0 radical (unpaired) electrons. The van der Waals surface area contributed by atoms with Gasteiger partial charge in [-0.05, 0) is 32.2 Å². The summed E-state index contributed by atoms with van der Waals surface area (Å²) in [5, 5.41) is 9.96. The van der Waals surface area contributed by atoms with Gasteiger partial charge in [0.05, 0.1) is 5.70 Å². The predicted octanol–water partition coefficient (Wildman–Crippen LogP) is 0.769. The lowest BCUT2D eigenvalue weighted by atomic mass is 9.96. The molecule has 2 rings (SSSR count). The van der Waals surface area contributed by atoms with Gasteiger partial charge < -0.3 is 32.9 Å². The average Bonchev–Trinajstić information content (AvgIpc) is 2.64. The Bertz CT molecular complexity index is 653. The fourth-order valence-electron chi connectivity index (χ4n) is 2.88. The Hall–Kier alpha value is -2.38. The summed E-state index contributed by atoms with van der Waals surface area (Å²) in [6.07, 6.45) is 1.71. The van der Waals surface area contributed by atoms with E-state index >= 15 is 0 Å². The van der Waals surface area contributed by atoms with E-state index in [0.717, 1.165) is 13.1 Å². The maximum atomic E-state index is 9.96. The van der Waals surface area contributed by atoms with Crippen molar-refractivity contribution >= 4 is 5.70 Å². The number of phenols is 1. The number of allylic oxidation sites excluding steroid dienone is 1. The molecule has 7 heteroatoms. The molecule has 1 heterocycles. The summed E-state index contributed by atoms with van der Waals surface area (Å²) in [5.41, 5.74) is 25.4. The molecular weight excluding hydrogens is 328 g/mol. The standard InChI is InChI=1S/C17H28N6O.C2H6/c1-17(10-18)11-23(8-7-22(17)2)14(16(20)21)9-13(19)12-5-3-4-6-15(12)24;1-2/h3-6,9,24H,7-8,10-11,18-21H2,1-2H3;1-2H3/b13-9-;. The molecule has 0 amide bonds. The van der Waals surface area contributed by atoms with Gasteiger partial charge in [0.2, 0.25) is 0 Å². The van der Waals surface area contributed by atoms with Crippen LogP contribution in [-0.4, -0.2) is 53.7 Å². The molecule has 1 aliphatic rings. The summed E-state index contributed by atoms with van der Waals surface area (Å²) in [7, 11) is 2.06. The van der Waals surface area contributed by atoms with Crippen molar-refractivity contribution in [2.45, 2.75) is 26.3 Å². The Kier molecular flexibility index (Phi) is 7.79. The third-order valence-corrected chi connectivity index (χ3v) is 4.74. The number of benzene rings is 1. The summed E-state index contributed by atoms with van der Waals surface area (Å²) in [6, 6.07) is 6.89. The number of para-hydroxylation sites is 1. The van der Waals surface area contributed by atoms with Crippen LogP contribution in [0.3, 0.4) is 0 Å². The van der Waals surface area contributed by atoms with Crippen LogP contribution in [0.25, 0.3) is 5.70 Å². The second-order valence-corrected chi connectivity index (χ2v) is 6.50. The van der Waals surface area contributed by atoms with Crippen LogP contribution in [0.4, 0.5) is 0 Å². The lowest BCUT2D eigenvalue weighted by molar-refractivity contribution is 0.0517. The van der Waals surface area contributed by atoms with Crippen LogP contribution >= 0.6 is 0 Å². The summed E-state index contributed by atoms with van der Waals surface area (Å²) < 4.78 is 0. The summed E-state index contributed by atoms with van der Waals surface area (Å²) in [4.78, 5) is 4.33. The van der Waals surface area contributed by atoms with Crippen molar-refractivity contribution in [3.8, 4) is 5.75 Å². The van der Waals surface area contributed by atoms with E-state index in [4.69, 9.17) is 22.9 Å². The van der Waals surface area contributed by atoms with E-state index < -0.39 is 0 Å². The lowest BCUT2D eigenvalue weighted by Gasteiger charge is -2.48. The Labute approximate surface area is 156 Å². The first-order chi connectivity index (χ1) is 12.3. The van der Waals surface area contributed by atoms with Crippen LogP contribution < -0.4 is 22.9 Å². The molecule has 146 valence electrons. The van der Waals surface area contributed by atoms with Gasteiger partial charge in [-0.15, -0.1) is 0 Å². The third kappa shape index (κ3) is 4.83. The fraction of sp³-hybridized carbons (Fsp3) is 0.474. The minimum atomic E-state index is -0.170. The Morgan fingerprint density at radius 2 is 1.81 bits per heavy atom. The quantitative estimate of drug-likeness (QED) is 0.500.